The van der Waals surface area contributed by atoms with Crippen molar-refractivity contribution >= 4 is 5.78 Å². The van der Waals surface area contributed by atoms with Crippen molar-refractivity contribution in [3.05, 3.63) is 0 Å². The van der Waals surface area contributed by atoms with Gasteiger partial charge in [-0.2, -0.15) is 0 Å². The lowest BCUT2D eigenvalue weighted by molar-refractivity contribution is -0.167. The van der Waals surface area contributed by atoms with Crippen LogP contribution >= 0.6 is 0 Å². The Morgan fingerprint density at radius 1 is 1.30 bits per heavy atom. The van der Waals surface area contributed by atoms with Crippen LogP contribution in [0.1, 0.15) is 0 Å². The van der Waals surface area contributed by atoms with Crippen molar-refractivity contribution in [2.75, 3.05) is 14.2 Å². The summed E-state index contributed by atoms with van der Waals surface area (Å²) in [5.74, 6) is -1.36. The highest BCUT2D eigenvalue weighted by Crippen LogP contribution is 2.02. The Kier molecular flexibility index (Phi) is 4.06. The third-order valence-corrected chi connectivity index (χ3v) is 0.876. The summed E-state index contributed by atoms with van der Waals surface area (Å²) in [5.41, 5.74) is 0. The molecule has 0 fully saturated rings. The molecule has 0 aromatic heterocycles. The number of methoxy groups -OCH3 is 2. The summed E-state index contributed by atoms with van der Waals surface area (Å²) in [6.45, 7) is 0. The highest BCUT2D eigenvalue weighted by Gasteiger charge is 2.25. The Morgan fingerprint density at radius 3 is 1.80 bits per heavy atom. The molecule has 0 aliphatic rings. The molecule has 0 atom stereocenters. The third-order valence-electron chi connectivity index (χ3n) is 0.876. The first kappa shape index (κ1) is 9.45. The van der Waals surface area contributed by atoms with Crippen LogP contribution in [-0.4, -0.2) is 32.7 Å². The average molecular weight is 154 g/mol. The second-order valence-electron chi connectivity index (χ2n) is 1.51. The van der Waals surface area contributed by atoms with Crippen LogP contribution in [0.2, 0.25) is 0 Å². The van der Waals surface area contributed by atoms with E-state index < -0.39 is 18.5 Å². The molecule has 0 rings (SSSR count). The van der Waals surface area contributed by atoms with Gasteiger partial charge in [-0.05, 0) is 0 Å². The van der Waals surface area contributed by atoms with E-state index in [0.717, 1.165) is 14.2 Å². The van der Waals surface area contributed by atoms with Crippen LogP contribution in [0.3, 0.4) is 0 Å². The van der Waals surface area contributed by atoms with E-state index in [1.54, 1.807) is 0 Å². The van der Waals surface area contributed by atoms with Gasteiger partial charge >= 0.3 is 6.43 Å². The molecule has 0 aliphatic carbocycles. The van der Waals surface area contributed by atoms with E-state index in [4.69, 9.17) is 0 Å². The molecular weight excluding hydrogens is 146 g/mol. The minimum absolute atomic E-state index is 1.12. The fourth-order valence-corrected chi connectivity index (χ4v) is 0.431. The molecule has 0 saturated carbocycles. The van der Waals surface area contributed by atoms with Gasteiger partial charge in [0.05, 0.1) is 0 Å². The summed E-state index contributed by atoms with van der Waals surface area (Å²) in [4.78, 5) is 10.3. The summed E-state index contributed by atoms with van der Waals surface area (Å²) in [6, 6.07) is 0. The van der Waals surface area contributed by atoms with Crippen LogP contribution in [0.4, 0.5) is 8.78 Å². The Bertz CT molecular complexity index is 111. The summed E-state index contributed by atoms with van der Waals surface area (Å²) in [5, 5.41) is 0. The maximum atomic E-state index is 11.5. The minimum atomic E-state index is -3.04. The van der Waals surface area contributed by atoms with Crippen molar-refractivity contribution in [2.24, 2.45) is 0 Å². The Morgan fingerprint density at radius 2 is 1.70 bits per heavy atom. The maximum absolute atomic E-state index is 11.5. The van der Waals surface area contributed by atoms with Crippen molar-refractivity contribution in [3.8, 4) is 0 Å². The second-order valence-corrected chi connectivity index (χ2v) is 1.51. The molecule has 0 amide bonds. The zero-order chi connectivity index (χ0) is 8.15. The number of hydrogen-bond acceptors (Lipinski definition) is 3. The molecule has 0 saturated heterocycles. The molecule has 0 unspecified atom stereocenters. The van der Waals surface area contributed by atoms with Gasteiger partial charge in [-0.1, -0.05) is 0 Å². The number of rotatable bonds is 4. The number of alkyl halides is 2. The molecule has 10 heavy (non-hydrogen) atoms. The highest BCUT2D eigenvalue weighted by molar-refractivity contribution is 5.84. The van der Waals surface area contributed by atoms with E-state index in [-0.39, 0.29) is 0 Å². The van der Waals surface area contributed by atoms with Crippen molar-refractivity contribution in [1.82, 2.24) is 0 Å². The third kappa shape index (κ3) is 2.36. The lowest BCUT2D eigenvalue weighted by atomic mass is 10.4. The minimum Gasteiger partial charge on any atom is -0.349 e. The predicted molar refractivity (Wildman–Crippen MR) is 28.8 cm³/mol. The SMILES string of the molecule is COC(OC)C(=O)C(F)F. The molecule has 0 aliphatic heterocycles. The van der Waals surface area contributed by atoms with Crippen LogP contribution in [0.25, 0.3) is 0 Å². The standard InChI is InChI=1S/C5H8F2O3/c1-9-5(10-2)3(8)4(6)7/h4-5H,1-2H3. The van der Waals surface area contributed by atoms with Crippen LogP contribution in [-0.2, 0) is 14.3 Å². The molecule has 0 bridgehead atoms. The quantitative estimate of drug-likeness (QED) is 0.551. The lowest BCUT2D eigenvalue weighted by Crippen LogP contribution is -2.30. The monoisotopic (exact) mass is 154 g/mol. The largest absolute Gasteiger partial charge is 0.349 e. The Hall–Kier alpha value is -0.550. The van der Waals surface area contributed by atoms with E-state index in [1.807, 2.05) is 0 Å². The predicted octanol–water partition coefficient (Wildman–Crippen LogP) is 0.439. The molecule has 3 nitrogen and oxygen atoms in total. The number of carbonyl (C=O) groups excluding carboxylic acids is 1. The van der Waals surface area contributed by atoms with Crippen LogP contribution in [0.15, 0.2) is 0 Å². The first-order chi connectivity index (χ1) is 4.63. The van der Waals surface area contributed by atoms with Gasteiger partial charge in [0.1, 0.15) is 0 Å². The molecule has 0 aromatic carbocycles. The van der Waals surface area contributed by atoms with Crippen LogP contribution < -0.4 is 0 Å². The fraction of sp³-hybridized carbons (Fsp3) is 0.800. The van der Waals surface area contributed by atoms with Gasteiger partial charge in [-0.3, -0.25) is 4.79 Å². The summed E-state index contributed by atoms with van der Waals surface area (Å²) >= 11 is 0. The van der Waals surface area contributed by atoms with Gasteiger partial charge in [0.25, 0.3) is 5.78 Å². The second kappa shape index (κ2) is 4.29. The number of hydrogen-bond donors (Lipinski definition) is 0. The van der Waals surface area contributed by atoms with Crippen molar-refractivity contribution < 1.29 is 23.0 Å². The molecule has 0 N–H and O–H groups in total. The molecule has 5 heteroatoms. The Labute approximate surface area is 56.9 Å². The van der Waals surface area contributed by atoms with Gasteiger partial charge in [-0.15, -0.1) is 0 Å². The smallest absolute Gasteiger partial charge is 0.301 e. The van der Waals surface area contributed by atoms with Crippen LogP contribution in [0.5, 0.6) is 0 Å². The van der Waals surface area contributed by atoms with Gasteiger partial charge in [0.15, 0.2) is 0 Å². The average Bonchev–Trinajstić information content (AvgIpc) is 1.90. The first-order valence-corrected chi connectivity index (χ1v) is 2.51. The number of halogens is 2. The normalized spacial score (nSPS) is 11.0. The summed E-state index contributed by atoms with van der Waals surface area (Å²) in [6.07, 6.45) is -4.48. The fourth-order valence-electron chi connectivity index (χ4n) is 0.431. The van der Waals surface area contributed by atoms with Crippen LogP contribution in [0, 0.1) is 0 Å². The molecule has 0 heterocycles. The Balaban J connectivity index is 3.89. The van der Waals surface area contributed by atoms with Crippen molar-refractivity contribution in [1.29, 1.82) is 0 Å². The molecule has 60 valence electrons. The summed E-state index contributed by atoms with van der Waals surface area (Å²) in [7, 11) is 2.24. The van der Waals surface area contributed by atoms with E-state index >= 15 is 0 Å². The van der Waals surface area contributed by atoms with Gasteiger partial charge in [0, 0.05) is 14.2 Å². The molecular formula is C5H8F2O3. The maximum Gasteiger partial charge on any atom is 0.301 e. The molecule has 0 spiro atoms. The van der Waals surface area contributed by atoms with Crippen molar-refractivity contribution in [2.45, 2.75) is 12.7 Å². The molecule has 0 aromatic rings. The number of carbonyl (C=O) groups is 1. The van der Waals surface area contributed by atoms with E-state index in [1.165, 1.54) is 0 Å². The topological polar surface area (TPSA) is 35.5 Å². The first-order valence-electron chi connectivity index (χ1n) is 2.51. The van der Waals surface area contributed by atoms with Gasteiger partial charge < -0.3 is 9.47 Å². The van der Waals surface area contributed by atoms with Gasteiger partial charge in [0.2, 0.25) is 6.29 Å². The number of ketones is 1. The highest BCUT2D eigenvalue weighted by atomic mass is 19.3. The van der Waals surface area contributed by atoms with E-state index in [2.05, 4.69) is 9.47 Å². The number of ether oxygens (including phenoxy) is 2. The zero-order valence-electron chi connectivity index (χ0n) is 5.64. The summed E-state index contributed by atoms with van der Waals surface area (Å²) < 4.78 is 31.6. The molecule has 0 radical (unpaired) electrons. The van der Waals surface area contributed by atoms with E-state index in [0.29, 0.717) is 0 Å². The van der Waals surface area contributed by atoms with E-state index in [9.17, 15) is 13.6 Å². The number of Topliss-reactive ketones (excluding diaryl/α,β-unsaturated/α-hetero) is 1. The van der Waals surface area contributed by atoms with Gasteiger partial charge in [-0.25, -0.2) is 8.78 Å². The zero-order valence-corrected chi connectivity index (χ0v) is 5.64. The lowest BCUT2D eigenvalue weighted by Gasteiger charge is -2.09. The van der Waals surface area contributed by atoms with Crippen molar-refractivity contribution in [3.63, 3.8) is 0 Å².